The average molecular weight is 400 g/mol. The van der Waals surface area contributed by atoms with Crippen molar-refractivity contribution in [3.63, 3.8) is 0 Å². The molecule has 28 heavy (non-hydrogen) atoms. The van der Waals surface area contributed by atoms with E-state index < -0.39 is 6.10 Å². The van der Waals surface area contributed by atoms with Gasteiger partial charge in [-0.1, -0.05) is 67.6 Å². The highest BCUT2D eigenvalue weighted by atomic mass is 35.5. The van der Waals surface area contributed by atoms with Crippen LogP contribution < -0.4 is 4.90 Å². The summed E-state index contributed by atoms with van der Waals surface area (Å²) in [5, 5.41) is 10.7. The van der Waals surface area contributed by atoms with Crippen LogP contribution in [-0.2, 0) is 9.59 Å². The van der Waals surface area contributed by atoms with E-state index in [4.69, 9.17) is 11.6 Å². The van der Waals surface area contributed by atoms with Crippen molar-refractivity contribution >= 4 is 29.6 Å². The molecule has 1 N–H and O–H groups in total. The average Bonchev–Trinajstić information content (AvgIpc) is 2.75. The number of carbonyl (C=O) groups is 2. The highest BCUT2D eigenvalue weighted by molar-refractivity contribution is 6.18. The summed E-state index contributed by atoms with van der Waals surface area (Å²) >= 11 is 5.07. The number of nitrogens with zero attached hydrogens (tertiary/aromatic N) is 1. The van der Waals surface area contributed by atoms with Crippen LogP contribution in [0.5, 0.6) is 0 Å². The molecule has 0 bridgehead atoms. The van der Waals surface area contributed by atoms with Crippen molar-refractivity contribution in [2.75, 3.05) is 10.8 Å². The summed E-state index contributed by atoms with van der Waals surface area (Å²) in [7, 11) is 0. The van der Waals surface area contributed by atoms with Crippen LogP contribution in [-0.4, -0.2) is 23.3 Å². The van der Waals surface area contributed by atoms with Crippen LogP contribution in [0, 0.1) is 0 Å². The monoisotopic (exact) mass is 399 g/mol. The highest BCUT2D eigenvalue weighted by Crippen LogP contribution is 2.30. The van der Waals surface area contributed by atoms with Gasteiger partial charge in [0.05, 0.1) is 5.69 Å². The Morgan fingerprint density at radius 3 is 2.29 bits per heavy atom. The summed E-state index contributed by atoms with van der Waals surface area (Å²) in [4.78, 5) is 25.1. The second kappa shape index (κ2) is 12.7. The Kier molecular flexibility index (Phi) is 10.6. The molecule has 148 valence electrons. The molecular formula is C23H26ClNO3. The lowest BCUT2D eigenvalue weighted by molar-refractivity contribution is -0.119. The topological polar surface area (TPSA) is 57.6 Å². The molecule has 0 aliphatic rings. The third-order valence-corrected chi connectivity index (χ3v) is 4.11. The third kappa shape index (κ3) is 6.48. The van der Waals surface area contributed by atoms with Crippen molar-refractivity contribution in [2.24, 2.45) is 0 Å². The molecule has 0 saturated carbocycles. The Morgan fingerprint density at radius 1 is 1.18 bits per heavy atom. The molecule has 5 heteroatoms. The third-order valence-electron chi connectivity index (χ3n) is 3.89. The summed E-state index contributed by atoms with van der Waals surface area (Å²) < 4.78 is 0. The summed E-state index contributed by atoms with van der Waals surface area (Å²) in [6.45, 7) is 6.95. The Hall–Kier alpha value is -2.69. The number of hydrogen-bond acceptors (Lipinski definition) is 3. The number of benzene rings is 2. The SMILES string of the molecule is C=CCCl.CC/C=C(\C)C(=O)N(C=O)c1ccccc1C(O)c1ccccc1. The van der Waals surface area contributed by atoms with E-state index in [1.54, 1.807) is 55.5 Å². The van der Waals surface area contributed by atoms with Crippen molar-refractivity contribution in [3.8, 4) is 0 Å². The van der Waals surface area contributed by atoms with Gasteiger partial charge in [-0.2, -0.15) is 0 Å². The van der Waals surface area contributed by atoms with Gasteiger partial charge in [0.25, 0.3) is 5.91 Å². The van der Waals surface area contributed by atoms with E-state index in [2.05, 4.69) is 6.58 Å². The number of amides is 2. The van der Waals surface area contributed by atoms with Crippen LogP contribution >= 0.6 is 11.6 Å². The molecule has 2 aromatic rings. The van der Waals surface area contributed by atoms with E-state index in [0.29, 0.717) is 41.1 Å². The molecule has 4 nitrogen and oxygen atoms in total. The molecule has 0 aromatic heterocycles. The number of imide groups is 1. The first-order valence-electron chi connectivity index (χ1n) is 8.96. The Labute approximate surface area is 171 Å². The maximum Gasteiger partial charge on any atom is 0.260 e. The van der Waals surface area contributed by atoms with E-state index in [9.17, 15) is 14.7 Å². The number of para-hydroxylation sites is 1. The van der Waals surface area contributed by atoms with Crippen molar-refractivity contribution in [2.45, 2.75) is 26.4 Å². The molecule has 2 amide bonds. The predicted molar refractivity (Wildman–Crippen MR) is 115 cm³/mol. The zero-order valence-corrected chi connectivity index (χ0v) is 17.0. The molecule has 0 aliphatic heterocycles. The minimum atomic E-state index is -0.923. The Bertz CT molecular complexity index is 803. The number of anilines is 1. The van der Waals surface area contributed by atoms with Crippen LogP contribution in [0.2, 0.25) is 0 Å². The molecule has 0 saturated heterocycles. The smallest absolute Gasteiger partial charge is 0.260 e. The van der Waals surface area contributed by atoms with E-state index in [-0.39, 0.29) is 5.91 Å². The quantitative estimate of drug-likeness (QED) is 0.307. The second-order valence-corrected chi connectivity index (χ2v) is 6.20. The van der Waals surface area contributed by atoms with Gasteiger partial charge >= 0.3 is 0 Å². The molecule has 2 rings (SSSR count). The van der Waals surface area contributed by atoms with Gasteiger partial charge in [0.15, 0.2) is 0 Å². The van der Waals surface area contributed by atoms with Crippen LogP contribution in [0.15, 0.2) is 78.9 Å². The van der Waals surface area contributed by atoms with Gasteiger partial charge < -0.3 is 5.11 Å². The fourth-order valence-corrected chi connectivity index (χ4v) is 2.55. The zero-order chi connectivity index (χ0) is 20.9. The Morgan fingerprint density at radius 2 is 1.75 bits per heavy atom. The van der Waals surface area contributed by atoms with Crippen molar-refractivity contribution < 1.29 is 14.7 Å². The van der Waals surface area contributed by atoms with E-state index in [1.807, 2.05) is 25.1 Å². The van der Waals surface area contributed by atoms with Crippen LogP contribution in [0.1, 0.15) is 37.5 Å². The fourth-order valence-electron chi connectivity index (χ4n) is 2.55. The van der Waals surface area contributed by atoms with Crippen LogP contribution in [0.25, 0.3) is 0 Å². The van der Waals surface area contributed by atoms with Gasteiger partial charge in [-0.15, -0.1) is 18.2 Å². The molecule has 0 spiro atoms. The predicted octanol–water partition coefficient (Wildman–Crippen LogP) is 5.03. The zero-order valence-electron chi connectivity index (χ0n) is 16.2. The first-order chi connectivity index (χ1) is 13.5. The summed E-state index contributed by atoms with van der Waals surface area (Å²) in [6.07, 6.45) is 3.69. The van der Waals surface area contributed by atoms with Gasteiger partial charge in [-0.25, -0.2) is 4.90 Å². The molecule has 2 aromatic carbocycles. The molecular weight excluding hydrogens is 374 g/mol. The lowest BCUT2D eigenvalue weighted by Crippen LogP contribution is -2.31. The lowest BCUT2D eigenvalue weighted by atomic mass is 9.99. The molecule has 1 atom stereocenters. The number of aliphatic hydroxyl groups excluding tert-OH is 1. The summed E-state index contributed by atoms with van der Waals surface area (Å²) in [5.41, 5.74) is 2.09. The standard InChI is InChI=1S/C20H21NO3.C3H5Cl/c1-3-9-15(2)20(24)21(14-22)18-13-8-7-12-17(18)19(23)16-10-5-4-6-11-16;1-2-3-4/h4-14,19,23H,3H2,1-2H3;2H,1,3H2/b15-9+;. The number of hydrogen-bond donors (Lipinski definition) is 1. The molecule has 1 unspecified atom stereocenters. The first kappa shape index (κ1) is 23.3. The maximum absolute atomic E-state index is 12.5. The van der Waals surface area contributed by atoms with E-state index >= 15 is 0 Å². The molecule has 0 heterocycles. The minimum absolute atomic E-state index is 0.387. The van der Waals surface area contributed by atoms with Crippen LogP contribution in [0.4, 0.5) is 5.69 Å². The van der Waals surface area contributed by atoms with E-state index in [1.165, 1.54) is 0 Å². The fraction of sp³-hybridized carbons (Fsp3) is 0.217. The number of allylic oxidation sites excluding steroid dienone is 2. The molecule has 0 aliphatic carbocycles. The number of rotatable bonds is 7. The minimum Gasteiger partial charge on any atom is -0.384 e. The van der Waals surface area contributed by atoms with Crippen LogP contribution in [0.3, 0.4) is 0 Å². The number of aliphatic hydroxyl groups is 1. The van der Waals surface area contributed by atoms with Crippen molar-refractivity contribution in [1.82, 2.24) is 0 Å². The van der Waals surface area contributed by atoms with Gasteiger partial charge in [-0.3, -0.25) is 9.59 Å². The number of carbonyl (C=O) groups excluding carboxylic acids is 2. The van der Waals surface area contributed by atoms with Gasteiger partial charge in [-0.05, 0) is 25.0 Å². The van der Waals surface area contributed by atoms with E-state index in [0.717, 1.165) is 4.90 Å². The van der Waals surface area contributed by atoms with Gasteiger partial charge in [0, 0.05) is 17.0 Å². The highest BCUT2D eigenvalue weighted by Gasteiger charge is 2.22. The summed E-state index contributed by atoms with van der Waals surface area (Å²) in [5.74, 6) is 0.166. The maximum atomic E-state index is 12.5. The Balaban J connectivity index is 0.000000892. The van der Waals surface area contributed by atoms with Crippen molar-refractivity contribution in [3.05, 3.63) is 90.0 Å². The molecule has 0 fully saturated rings. The number of halogens is 1. The molecule has 0 radical (unpaired) electrons. The summed E-state index contributed by atoms with van der Waals surface area (Å²) in [6, 6.07) is 16.0. The second-order valence-electron chi connectivity index (χ2n) is 5.89. The number of alkyl halides is 1. The van der Waals surface area contributed by atoms with Crippen molar-refractivity contribution in [1.29, 1.82) is 0 Å². The lowest BCUT2D eigenvalue weighted by Gasteiger charge is -2.22. The first-order valence-corrected chi connectivity index (χ1v) is 9.49. The normalized spacial score (nSPS) is 11.6. The largest absolute Gasteiger partial charge is 0.384 e. The van der Waals surface area contributed by atoms with Gasteiger partial charge in [0.2, 0.25) is 6.41 Å². The van der Waals surface area contributed by atoms with Gasteiger partial charge in [0.1, 0.15) is 6.10 Å².